The zero-order valence-corrected chi connectivity index (χ0v) is 8.13. The fourth-order valence-electron chi connectivity index (χ4n) is 1.25. The Balaban J connectivity index is 2.11. The normalized spacial score (nSPS) is 9.67. The molecule has 0 aliphatic heterocycles. The van der Waals surface area contributed by atoms with E-state index in [0.29, 0.717) is 0 Å². The standard InChI is InChI=1S/C12H10BO2/c14-13-10-6-8-12(9-7-10)15-11-4-2-1-3-5-11/h1-9,14H. The molecule has 0 aliphatic rings. The van der Waals surface area contributed by atoms with E-state index in [1.54, 1.807) is 12.1 Å². The third-order valence-corrected chi connectivity index (χ3v) is 2.01. The van der Waals surface area contributed by atoms with E-state index in [0.717, 1.165) is 24.4 Å². The summed E-state index contributed by atoms with van der Waals surface area (Å²) >= 11 is 0. The van der Waals surface area contributed by atoms with Crippen molar-refractivity contribution < 1.29 is 9.76 Å². The molecule has 0 aromatic heterocycles. The molecular formula is C12H10BO2. The van der Waals surface area contributed by atoms with Gasteiger partial charge in [-0.2, -0.15) is 0 Å². The van der Waals surface area contributed by atoms with Gasteiger partial charge in [0.25, 0.3) is 0 Å². The minimum absolute atomic E-state index is 0.756. The van der Waals surface area contributed by atoms with Crippen LogP contribution in [0.3, 0.4) is 0 Å². The van der Waals surface area contributed by atoms with E-state index in [1.165, 1.54) is 0 Å². The highest BCUT2D eigenvalue weighted by atomic mass is 16.5. The molecule has 2 rings (SSSR count). The molecule has 0 saturated carbocycles. The maximum absolute atomic E-state index is 8.75. The molecule has 0 saturated heterocycles. The van der Waals surface area contributed by atoms with Crippen LogP contribution in [0.1, 0.15) is 0 Å². The van der Waals surface area contributed by atoms with Crippen LogP contribution < -0.4 is 10.2 Å². The van der Waals surface area contributed by atoms with Gasteiger partial charge < -0.3 is 9.76 Å². The monoisotopic (exact) mass is 197 g/mol. The molecule has 2 aromatic rings. The van der Waals surface area contributed by atoms with Gasteiger partial charge in [-0.1, -0.05) is 35.8 Å². The highest BCUT2D eigenvalue weighted by Gasteiger charge is 1.97. The van der Waals surface area contributed by atoms with E-state index in [9.17, 15) is 0 Å². The Kier molecular flexibility index (Phi) is 3.05. The minimum atomic E-state index is 0.756. The first-order valence-corrected chi connectivity index (χ1v) is 4.69. The van der Waals surface area contributed by atoms with Crippen molar-refractivity contribution in [1.82, 2.24) is 0 Å². The van der Waals surface area contributed by atoms with Crippen molar-refractivity contribution in [1.29, 1.82) is 0 Å². The van der Waals surface area contributed by atoms with Crippen LogP contribution in [-0.2, 0) is 0 Å². The van der Waals surface area contributed by atoms with E-state index in [1.807, 2.05) is 42.5 Å². The van der Waals surface area contributed by atoms with Gasteiger partial charge in [-0.3, -0.25) is 0 Å². The topological polar surface area (TPSA) is 29.5 Å². The van der Waals surface area contributed by atoms with Gasteiger partial charge in [0.15, 0.2) is 0 Å². The SMILES string of the molecule is O[B]c1ccc(Oc2ccccc2)cc1. The van der Waals surface area contributed by atoms with Crippen LogP contribution in [-0.4, -0.2) is 12.5 Å². The van der Waals surface area contributed by atoms with E-state index in [-0.39, 0.29) is 0 Å². The van der Waals surface area contributed by atoms with Crippen LogP contribution in [0.25, 0.3) is 0 Å². The van der Waals surface area contributed by atoms with Crippen molar-refractivity contribution in [3.8, 4) is 11.5 Å². The van der Waals surface area contributed by atoms with Gasteiger partial charge in [-0.15, -0.1) is 0 Å². The number of hydrogen-bond donors (Lipinski definition) is 1. The van der Waals surface area contributed by atoms with Gasteiger partial charge >= 0.3 is 7.48 Å². The zero-order chi connectivity index (χ0) is 10.5. The summed E-state index contributed by atoms with van der Waals surface area (Å²) in [6.07, 6.45) is 0. The van der Waals surface area contributed by atoms with Crippen LogP contribution in [0.2, 0.25) is 0 Å². The first-order chi connectivity index (χ1) is 7.38. The Morgan fingerprint density at radius 2 is 1.40 bits per heavy atom. The fraction of sp³-hybridized carbons (Fsp3) is 0. The largest absolute Gasteiger partial charge is 0.457 e. The van der Waals surface area contributed by atoms with Crippen LogP contribution in [0.4, 0.5) is 0 Å². The average molecular weight is 197 g/mol. The van der Waals surface area contributed by atoms with Gasteiger partial charge in [0.05, 0.1) is 0 Å². The van der Waals surface area contributed by atoms with E-state index in [2.05, 4.69) is 0 Å². The molecule has 1 radical (unpaired) electrons. The van der Waals surface area contributed by atoms with Crippen molar-refractivity contribution in [3.05, 3.63) is 54.6 Å². The molecule has 0 amide bonds. The summed E-state index contributed by atoms with van der Waals surface area (Å²) in [4.78, 5) is 0. The minimum Gasteiger partial charge on any atom is -0.457 e. The lowest BCUT2D eigenvalue weighted by Gasteiger charge is -2.05. The van der Waals surface area contributed by atoms with Crippen molar-refractivity contribution in [2.24, 2.45) is 0 Å². The molecule has 0 spiro atoms. The first-order valence-electron chi connectivity index (χ1n) is 4.69. The third-order valence-electron chi connectivity index (χ3n) is 2.01. The van der Waals surface area contributed by atoms with E-state index >= 15 is 0 Å². The van der Waals surface area contributed by atoms with Gasteiger partial charge in [0.1, 0.15) is 11.5 Å². The molecule has 0 bridgehead atoms. The maximum Gasteiger partial charge on any atom is 0.326 e. The molecule has 73 valence electrons. The molecule has 15 heavy (non-hydrogen) atoms. The number of ether oxygens (including phenoxy) is 1. The molecule has 0 heterocycles. The number of hydrogen-bond acceptors (Lipinski definition) is 2. The summed E-state index contributed by atoms with van der Waals surface area (Å²) in [6.45, 7) is 0. The summed E-state index contributed by atoms with van der Waals surface area (Å²) in [5, 5.41) is 8.75. The molecule has 0 aliphatic carbocycles. The molecule has 0 atom stereocenters. The van der Waals surface area contributed by atoms with Crippen molar-refractivity contribution in [2.45, 2.75) is 0 Å². The van der Waals surface area contributed by atoms with Crippen molar-refractivity contribution >= 4 is 12.9 Å². The average Bonchev–Trinajstić information content (AvgIpc) is 2.31. The molecular weight excluding hydrogens is 187 g/mol. The highest BCUT2D eigenvalue weighted by molar-refractivity contribution is 6.45. The Morgan fingerprint density at radius 1 is 0.800 bits per heavy atom. The Bertz CT molecular complexity index is 411. The highest BCUT2D eigenvalue weighted by Crippen LogP contribution is 2.19. The summed E-state index contributed by atoms with van der Waals surface area (Å²) in [7, 11) is 1.06. The van der Waals surface area contributed by atoms with Gasteiger partial charge in [0.2, 0.25) is 0 Å². The van der Waals surface area contributed by atoms with E-state index < -0.39 is 0 Å². The Labute approximate surface area is 89.4 Å². The van der Waals surface area contributed by atoms with Crippen molar-refractivity contribution in [3.63, 3.8) is 0 Å². The lowest BCUT2D eigenvalue weighted by molar-refractivity contribution is 0.483. The predicted molar refractivity (Wildman–Crippen MR) is 60.6 cm³/mol. The van der Waals surface area contributed by atoms with Gasteiger partial charge in [0, 0.05) is 0 Å². The lowest BCUT2D eigenvalue weighted by Crippen LogP contribution is -2.11. The molecule has 3 heteroatoms. The second-order valence-corrected chi connectivity index (χ2v) is 3.11. The molecule has 0 unspecified atom stereocenters. The van der Waals surface area contributed by atoms with Crippen LogP contribution in [0.15, 0.2) is 54.6 Å². The van der Waals surface area contributed by atoms with E-state index in [4.69, 9.17) is 9.76 Å². The van der Waals surface area contributed by atoms with Crippen LogP contribution in [0.5, 0.6) is 11.5 Å². The smallest absolute Gasteiger partial charge is 0.326 e. The second kappa shape index (κ2) is 4.67. The number of para-hydroxylation sites is 1. The summed E-state index contributed by atoms with van der Waals surface area (Å²) < 4.78 is 5.58. The number of benzene rings is 2. The molecule has 2 aromatic carbocycles. The lowest BCUT2D eigenvalue weighted by atomic mass is 9.89. The Morgan fingerprint density at radius 3 is 2.00 bits per heavy atom. The maximum atomic E-state index is 8.75. The number of rotatable bonds is 3. The predicted octanol–water partition coefficient (Wildman–Crippen LogP) is 1.72. The fourth-order valence-corrected chi connectivity index (χ4v) is 1.25. The quantitative estimate of drug-likeness (QED) is 0.759. The molecule has 2 nitrogen and oxygen atoms in total. The van der Waals surface area contributed by atoms with Gasteiger partial charge in [-0.25, -0.2) is 0 Å². The van der Waals surface area contributed by atoms with Crippen LogP contribution in [0, 0.1) is 0 Å². The molecule has 0 fully saturated rings. The second-order valence-electron chi connectivity index (χ2n) is 3.11. The summed E-state index contributed by atoms with van der Waals surface area (Å²) in [6, 6.07) is 16.8. The Hall–Kier alpha value is -1.74. The first kappa shape index (κ1) is 9.81. The molecule has 1 N–H and O–H groups in total. The summed E-state index contributed by atoms with van der Waals surface area (Å²) in [5.74, 6) is 1.56. The van der Waals surface area contributed by atoms with Crippen LogP contribution >= 0.6 is 0 Å². The van der Waals surface area contributed by atoms with Crippen molar-refractivity contribution in [2.75, 3.05) is 0 Å². The zero-order valence-electron chi connectivity index (χ0n) is 8.13. The third kappa shape index (κ3) is 2.61. The summed E-state index contributed by atoms with van der Waals surface area (Å²) in [5.41, 5.74) is 0.760. The van der Waals surface area contributed by atoms with Gasteiger partial charge in [-0.05, 0) is 24.3 Å².